The Bertz CT molecular complexity index is 701. The third-order valence-corrected chi connectivity index (χ3v) is 3.65. The molecule has 0 aliphatic heterocycles. The highest BCUT2D eigenvalue weighted by Crippen LogP contribution is 2.15. The number of primary amides is 1. The standard InChI is InChI=1S/C18H24N4O2/c1-18(2,3)22-13-15(11-20-22)17(24)21(10-9-16(19)23)12-14-7-5-4-6-8-14/h4-8,11,13H,9-10,12H2,1-3H3,(H2,19,23). The van der Waals surface area contributed by atoms with E-state index >= 15 is 0 Å². The summed E-state index contributed by atoms with van der Waals surface area (Å²) in [7, 11) is 0. The molecule has 0 bridgehead atoms. The maximum Gasteiger partial charge on any atom is 0.257 e. The molecular formula is C18H24N4O2. The van der Waals surface area contributed by atoms with Crippen LogP contribution in [0.4, 0.5) is 0 Å². The van der Waals surface area contributed by atoms with Crippen LogP contribution in [0.5, 0.6) is 0 Å². The molecular weight excluding hydrogens is 304 g/mol. The topological polar surface area (TPSA) is 81.2 Å². The Labute approximate surface area is 142 Å². The van der Waals surface area contributed by atoms with Crippen molar-refractivity contribution in [3.63, 3.8) is 0 Å². The van der Waals surface area contributed by atoms with E-state index < -0.39 is 5.91 Å². The first-order valence-corrected chi connectivity index (χ1v) is 7.94. The SMILES string of the molecule is CC(C)(C)n1cc(C(=O)N(CCC(N)=O)Cc2ccccc2)cn1. The van der Waals surface area contributed by atoms with Gasteiger partial charge in [-0.05, 0) is 26.3 Å². The Balaban J connectivity index is 2.20. The number of amides is 2. The zero-order valence-electron chi connectivity index (χ0n) is 14.4. The summed E-state index contributed by atoms with van der Waals surface area (Å²) in [5.74, 6) is -0.582. The summed E-state index contributed by atoms with van der Waals surface area (Å²) >= 11 is 0. The molecule has 0 saturated heterocycles. The first-order valence-electron chi connectivity index (χ1n) is 7.94. The van der Waals surface area contributed by atoms with Gasteiger partial charge in [-0.1, -0.05) is 30.3 Å². The van der Waals surface area contributed by atoms with Crippen molar-refractivity contribution in [2.24, 2.45) is 5.73 Å². The highest BCUT2D eigenvalue weighted by Gasteiger charge is 2.21. The van der Waals surface area contributed by atoms with Crippen LogP contribution in [0, 0.1) is 0 Å². The lowest BCUT2D eigenvalue weighted by molar-refractivity contribution is -0.118. The average Bonchev–Trinajstić information content (AvgIpc) is 3.01. The first kappa shape index (κ1) is 17.7. The van der Waals surface area contributed by atoms with Gasteiger partial charge in [-0.25, -0.2) is 0 Å². The van der Waals surface area contributed by atoms with Gasteiger partial charge in [0, 0.05) is 25.7 Å². The molecule has 2 rings (SSSR count). The van der Waals surface area contributed by atoms with Gasteiger partial charge in [-0.2, -0.15) is 5.10 Å². The largest absolute Gasteiger partial charge is 0.370 e. The van der Waals surface area contributed by atoms with Crippen LogP contribution in [-0.4, -0.2) is 33.0 Å². The minimum Gasteiger partial charge on any atom is -0.370 e. The van der Waals surface area contributed by atoms with Crippen LogP contribution >= 0.6 is 0 Å². The van der Waals surface area contributed by atoms with Crippen LogP contribution in [0.1, 0.15) is 43.1 Å². The lowest BCUT2D eigenvalue weighted by Crippen LogP contribution is -2.33. The lowest BCUT2D eigenvalue weighted by Gasteiger charge is -2.22. The molecule has 24 heavy (non-hydrogen) atoms. The average molecular weight is 328 g/mol. The molecule has 1 aromatic heterocycles. The van der Waals surface area contributed by atoms with E-state index in [1.807, 2.05) is 51.1 Å². The van der Waals surface area contributed by atoms with E-state index in [-0.39, 0.29) is 24.4 Å². The predicted octanol–water partition coefficient (Wildman–Crippen LogP) is 2.16. The van der Waals surface area contributed by atoms with E-state index in [1.54, 1.807) is 22.0 Å². The van der Waals surface area contributed by atoms with Crippen molar-refractivity contribution >= 4 is 11.8 Å². The maximum absolute atomic E-state index is 12.8. The van der Waals surface area contributed by atoms with Crippen LogP contribution in [0.25, 0.3) is 0 Å². The van der Waals surface area contributed by atoms with Crippen LogP contribution < -0.4 is 5.73 Å². The Hall–Kier alpha value is -2.63. The Kier molecular flexibility index (Phi) is 5.39. The normalized spacial score (nSPS) is 11.3. The van der Waals surface area contributed by atoms with Crippen LogP contribution in [0.2, 0.25) is 0 Å². The van der Waals surface area contributed by atoms with Gasteiger partial charge in [0.15, 0.2) is 0 Å². The van der Waals surface area contributed by atoms with E-state index in [0.717, 1.165) is 5.56 Å². The quantitative estimate of drug-likeness (QED) is 0.882. The van der Waals surface area contributed by atoms with Crippen LogP contribution in [-0.2, 0) is 16.9 Å². The molecule has 1 heterocycles. The number of carbonyl (C=O) groups is 2. The summed E-state index contributed by atoms with van der Waals surface area (Å²) in [6.45, 7) is 6.76. The van der Waals surface area contributed by atoms with Crippen molar-refractivity contribution < 1.29 is 9.59 Å². The van der Waals surface area contributed by atoms with Gasteiger partial charge in [0.25, 0.3) is 5.91 Å². The molecule has 6 heteroatoms. The fourth-order valence-electron chi connectivity index (χ4n) is 2.28. The number of benzene rings is 1. The van der Waals surface area contributed by atoms with E-state index in [4.69, 9.17) is 5.73 Å². The molecule has 0 radical (unpaired) electrons. The molecule has 128 valence electrons. The second-order valence-corrected chi connectivity index (χ2v) is 6.77. The molecule has 0 atom stereocenters. The van der Waals surface area contributed by atoms with E-state index in [0.29, 0.717) is 12.1 Å². The fraction of sp³-hybridized carbons (Fsp3) is 0.389. The van der Waals surface area contributed by atoms with Gasteiger partial charge >= 0.3 is 0 Å². The van der Waals surface area contributed by atoms with Crippen molar-refractivity contribution in [2.75, 3.05) is 6.54 Å². The lowest BCUT2D eigenvalue weighted by atomic mass is 10.1. The summed E-state index contributed by atoms with van der Waals surface area (Å²) < 4.78 is 1.76. The van der Waals surface area contributed by atoms with Crippen molar-refractivity contribution in [3.05, 3.63) is 53.9 Å². The van der Waals surface area contributed by atoms with Gasteiger partial charge in [0.2, 0.25) is 5.91 Å². The number of carbonyl (C=O) groups excluding carboxylic acids is 2. The highest BCUT2D eigenvalue weighted by atomic mass is 16.2. The van der Waals surface area contributed by atoms with Gasteiger partial charge in [0.05, 0.1) is 17.3 Å². The van der Waals surface area contributed by atoms with Gasteiger partial charge < -0.3 is 10.6 Å². The number of hydrogen-bond donors (Lipinski definition) is 1. The van der Waals surface area contributed by atoms with Crippen molar-refractivity contribution in [3.8, 4) is 0 Å². The predicted molar refractivity (Wildman–Crippen MR) is 92.2 cm³/mol. The summed E-state index contributed by atoms with van der Waals surface area (Å²) in [6, 6.07) is 9.66. The monoisotopic (exact) mass is 328 g/mol. The number of hydrogen-bond acceptors (Lipinski definition) is 3. The van der Waals surface area contributed by atoms with Crippen molar-refractivity contribution in [1.29, 1.82) is 0 Å². The molecule has 0 unspecified atom stereocenters. The van der Waals surface area contributed by atoms with Gasteiger partial charge in [-0.3, -0.25) is 14.3 Å². The molecule has 2 amide bonds. The molecule has 0 aliphatic carbocycles. The van der Waals surface area contributed by atoms with E-state index in [1.165, 1.54) is 0 Å². The Morgan fingerprint density at radius 3 is 2.42 bits per heavy atom. The number of nitrogens with two attached hydrogens (primary N) is 1. The molecule has 0 spiro atoms. The minimum atomic E-state index is -0.425. The highest BCUT2D eigenvalue weighted by molar-refractivity contribution is 5.94. The number of rotatable bonds is 6. The van der Waals surface area contributed by atoms with E-state index in [2.05, 4.69) is 5.10 Å². The minimum absolute atomic E-state index is 0.131. The molecule has 0 saturated carbocycles. The fourth-order valence-corrected chi connectivity index (χ4v) is 2.28. The summed E-state index contributed by atoms with van der Waals surface area (Å²) in [6.07, 6.45) is 3.44. The zero-order valence-corrected chi connectivity index (χ0v) is 14.4. The molecule has 0 fully saturated rings. The van der Waals surface area contributed by atoms with Crippen LogP contribution in [0.3, 0.4) is 0 Å². The molecule has 2 aromatic rings. The van der Waals surface area contributed by atoms with Gasteiger partial charge in [0.1, 0.15) is 0 Å². The Morgan fingerprint density at radius 1 is 1.21 bits per heavy atom. The van der Waals surface area contributed by atoms with Crippen molar-refractivity contribution in [2.45, 2.75) is 39.3 Å². The summed E-state index contributed by atoms with van der Waals surface area (Å²) in [5, 5.41) is 4.27. The van der Waals surface area contributed by atoms with Crippen LogP contribution in [0.15, 0.2) is 42.7 Å². The Morgan fingerprint density at radius 2 is 1.88 bits per heavy atom. The zero-order chi connectivity index (χ0) is 17.7. The second kappa shape index (κ2) is 7.29. The molecule has 2 N–H and O–H groups in total. The summed E-state index contributed by atoms with van der Waals surface area (Å²) in [5.41, 5.74) is 6.55. The summed E-state index contributed by atoms with van der Waals surface area (Å²) in [4.78, 5) is 25.6. The molecule has 0 aliphatic rings. The number of nitrogens with zero attached hydrogens (tertiary/aromatic N) is 3. The molecule has 1 aromatic carbocycles. The second-order valence-electron chi connectivity index (χ2n) is 6.77. The third kappa shape index (κ3) is 4.68. The first-order chi connectivity index (χ1) is 11.3. The third-order valence-electron chi connectivity index (χ3n) is 3.65. The van der Waals surface area contributed by atoms with Gasteiger partial charge in [-0.15, -0.1) is 0 Å². The van der Waals surface area contributed by atoms with Crippen molar-refractivity contribution in [1.82, 2.24) is 14.7 Å². The van der Waals surface area contributed by atoms with E-state index in [9.17, 15) is 9.59 Å². The number of aromatic nitrogens is 2. The maximum atomic E-state index is 12.8. The smallest absolute Gasteiger partial charge is 0.257 e. The molecule has 6 nitrogen and oxygen atoms in total.